The number of pyridine rings is 1. The van der Waals surface area contributed by atoms with E-state index >= 15 is 0 Å². The van der Waals surface area contributed by atoms with Crippen molar-refractivity contribution in [2.45, 2.75) is 32.7 Å². The first kappa shape index (κ1) is 16.4. The van der Waals surface area contributed by atoms with Gasteiger partial charge in [0.2, 0.25) is 5.88 Å². The van der Waals surface area contributed by atoms with Crippen LogP contribution in [0.15, 0.2) is 30.7 Å². The van der Waals surface area contributed by atoms with E-state index in [1.54, 1.807) is 31.6 Å². The third-order valence-electron chi connectivity index (χ3n) is 4.85. The highest BCUT2D eigenvalue weighted by atomic mass is 16.5. The van der Waals surface area contributed by atoms with Crippen LogP contribution in [0.5, 0.6) is 5.88 Å². The van der Waals surface area contributed by atoms with Gasteiger partial charge >= 0.3 is 0 Å². The number of aryl methyl sites for hydroxylation is 1. The summed E-state index contributed by atoms with van der Waals surface area (Å²) in [5.41, 5.74) is 3.75. The molecule has 0 saturated carbocycles. The maximum absolute atomic E-state index is 12.9. The van der Waals surface area contributed by atoms with E-state index in [1.165, 1.54) is 0 Å². The molecule has 7 heteroatoms. The third-order valence-corrected chi connectivity index (χ3v) is 4.85. The second kappa shape index (κ2) is 5.72. The molecule has 3 aromatic rings. The van der Waals surface area contributed by atoms with Crippen molar-refractivity contribution >= 4 is 11.6 Å². The van der Waals surface area contributed by atoms with Crippen LogP contribution in [0.4, 0.5) is 5.69 Å². The Labute approximate surface area is 151 Å². The summed E-state index contributed by atoms with van der Waals surface area (Å²) in [6, 6.07) is 3.52. The Hall–Kier alpha value is -3.09. The highest BCUT2D eigenvalue weighted by molar-refractivity contribution is 6.09. The van der Waals surface area contributed by atoms with Gasteiger partial charge in [-0.2, -0.15) is 0 Å². The molecule has 0 unspecified atom stereocenters. The molecule has 1 aliphatic rings. The maximum atomic E-state index is 12.9. The number of carbonyl (C=O) groups excluding carboxylic acids is 1. The molecule has 0 saturated heterocycles. The molecular weight excluding hydrogens is 330 g/mol. The number of carbonyl (C=O) groups is 1. The molecule has 0 aromatic carbocycles. The fourth-order valence-electron chi connectivity index (χ4n) is 3.51. The van der Waals surface area contributed by atoms with Gasteiger partial charge in [-0.25, -0.2) is 9.97 Å². The quantitative estimate of drug-likeness (QED) is 0.759. The summed E-state index contributed by atoms with van der Waals surface area (Å²) in [6.07, 6.45) is 6.30. The Bertz CT molecular complexity index is 999. The third kappa shape index (κ3) is 2.47. The van der Waals surface area contributed by atoms with Crippen LogP contribution in [0.1, 0.15) is 35.6 Å². The Morgan fingerprint density at radius 3 is 2.92 bits per heavy atom. The zero-order valence-electron chi connectivity index (χ0n) is 15.3. The Morgan fingerprint density at radius 2 is 2.19 bits per heavy atom. The van der Waals surface area contributed by atoms with Crippen molar-refractivity contribution < 1.29 is 9.53 Å². The Kier molecular flexibility index (Phi) is 3.61. The van der Waals surface area contributed by atoms with Crippen LogP contribution in [0.2, 0.25) is 0 Å². The topological polar surface area (TPSA) is 84.8 Å². The summed E-state index contributed by atoms with van der Waals surface area (Å²) >= 11 is 0. The molecule has 3 aromatic heterocycles. The zero-order valence-corrected chi connectivity index (χ0v) is 15.3. The van der Waals surface area contributed by atoms with Gasteiger partial charge in [0.05, 0.1) is 29.6 Å². The number of nitrogens with zero attached hydrogens (tertiary/aromatic N) is 3. The number of rotatable bonds is 3. The monoisotopic (exact) mass is 351 g/mol. The van der Waals surface area contributed by atoms with E-state index in [-0.39, 0.29) is 11.4 Å². The van der Waals surface area contributed by atoms with Gasteiger partial charge in [0.25, 0.3) is 5.91 Å². The van der Waals surface area contributed by atoms with Crippen molar-refractivity contribution in [3.05, 3.63) is 47.7 Å². The molecule has 1 aliphatic heterocycles. The molecule has 4 heterocycles. The standard InChI is InChI=1S/C19H21N5O2/c1-11-13(5-6-15(22-11)26-4)23-18(25)12-10-21-14-9-19(2,3)24-8-7-20-17(24)16(12)14/h5-8,10,21H,9H2,1-4H3,(H,23,25). The predicted molar refractivity (Wildman–Crippen MR) is 98.5 cm³/mol. The normalized spacial score (nSPS) is 14.5. The van der Waals surface area contributed by atoms with E-state index in [1.807, 2.05) is 13.1 Å². The van der Waals surface area contributed by atoms with Gasteiger partial charge in [-0.1, -0.05) is 0 Å². The molecule has 26 heavy (non-hydrogen) atoms. The van der Waals surface area contributed by atoms with Crippen LogP contribution in [-0.4, -0.2) is 32.5 Å². The lowest BCUT2D eigenvalue weighted by molar-refractivity contribution is 0.102. The number of hydrogen-bond acceptors (Lipinski definition) is 4. The average Bonchev–Trinajstić information content (AvgIpc) is 3.23. The van der Waals surface area contributed by atoms with Gasteiger partial charge in [-0.3, -0.25) is 4.79 Å². The Morgan fingerprint density at radius 1 is 1.38 bits per heavy atom. The number of hydrogen-bond donors (Lipinski definition) is 2. The molecule has 0 atom stereocenters. The summed E-state index contributed by atoms with van der Waals surface area (Å²) in [5, 5.41) is 2.94. The number of imidazole rings is 1. The number of aromatic nitrogens is 4. The smallest absolute Gasteiger partial charge is 0.258 e. The fourth-order valence-corrected chi connectivity index (χ4v) is 3.51. The van der Waals surface area contributed by atoms with E-state index in [0.29, 0.717) is 22.8 Å². The summed E-state index contributed by atoms with van der Waals surface area (Å²) < 4.78 is 7.24. The van der Waals surface area contributed by atoms with Crippen LogP contribution < -0.4 is 10.1 Å². The van der Waals surface area contributed by atoms with Crippen molar-refractivity contribution in [2.24, 2.45) is 0 Å². The van der Waals surface area contributed by atoms with Crippen molar-refractivity contribution in [3.63, 3.8) is 0 Å². The average molecular weight is 351 g/mol. The lowest BCUT2D eigenvalue weighted by Gasteiger charge is -2.32. The van der Waals surface area contributed by atoms with Crippen molar-refractivity contribution in [3.8, 4) is 17.3 Å². The minimum Gasteiger partial charge on any atom is -0.481 e. The molecule has 134 valence electrons. The summed E-state index contributed by atoms with van der Waals surface area (Å²) in [5.74, 6) is 1.14. The number of aromatic amines is 1. The van der Waals surface area contributed by atoms with Crippen molar-refractivity contribution in [1.29, 1.82) is 0 Å². The molecular formula is C19H21N5O2. The van der Waals surface area contributed by atoms with Crippen LogP contribution in [0.25, 0.3) is 11.4 Å². The van der Waals surface area contributed by atoms with Crippen molar-refractivity contribution in [2.75, 3.05) is 12.4 Å². The molecule has 0 aliphatic carbocycles. The molecule has 0 spiro atoms. The molecule has 0 bridgehead atoms. The number of ether oxygens (including phenoxy) is 1. The zero-order chi connectivity index (χ0) is 18.5. The summed E-state index contributed by atoms with van der Waals surface area (Å²) in [7, 11) is 1.57. The second-order valence-electron chi connectivity index (χ2n) is 7.11. The summed E-state index contributed by atoms with van der Waals surface area (Å²) in [6.45, 7) is 6.15. The lowest BCUT2D eigenvalue weighted by Crippen LogP contribution is -2.33. The van der Waals surface area contributed by atoms with Crippen LogP contribution in [-0.2, 0) is 12.0 Å². The molecule has 0 radical (unpaired) electrons. The fraction of sp³-hybridized carbons (Fsp3) is 0.316. The first-order valence-electron chi connectivity index (χ1n) is 8.48. The van der Waals surface area contributed by atoms with Gasteiger partial charge in [0.1, 0.15) is 5.82 Å². The molecule has 7 nitrogen and oxygen atoms in total. The number of nitrogens with one attached hydrogen (secondary N) is 2. The van der Waals surface area contributed by atoms with E-state index < -0.39 is 0 Å². The number of H-pyrrole nitrogens is 1. The first-order chi connectivity index (χ1) is 12.4. The van der Waals surface area contributed by atoms with E-state index in [9.17, 15) is 4.79 Å². The van der Waals surface area contributed by atoms with Gasteiger partial charge in [-0.15, -0.1) is 0 Å². The van der Waals surface area contributed by atoms with Gasteiger partial charge < -0.3 is 19.6 Å². The largest absolute Gasteiger partial charge is 0.481 e. The second-order valence-corrected chi connectivity index (χ2v) is 7.11. The van der Waals surface area contributed by atoms with E-state index in [2.05, 4.69) is 38.7 Å². The highest BCUT2D eigenvalue weighted by Crippen LogP contribution is 2.38. The minimum atomic E-state index is -0.188. The van der Waals surface area contributed by atoms with Crippen LogP contribution in [0.3, 0.4) is 0 Å². The SMILES string of the molecule is COc1ccc(NC(=O)c2c[nH]c3c2-c2nccn2C(C)(C)C3)c(C)n1. The number of amides is 1. The van der Waals surface area contributed by atoms with E-state index in [4.69, 9.17) is 4.74 Å². The van der Waals surface area contributed by atoms with Crippen LogP contribution >= 0.6 is 0 Å². The number of anilines is 1. The van der Waals surface area contributed by atoms with Gasteiger partial charge in [0.15, 0.2) is 0 Å². The maximum Gasteiger partial charge on any atom is 0.258 e. The molecule has 2 N–H and O–H groups in total. The number of fused-ring (bicyclic) bond motifs is 3. The first-order valence-corrected chi connectivity index (χ1v) is 8.48. The number of methoxy groups -OCH3 is 1. The molecule has 4 rings (SSSR count). The van der Waals surface area contributed by atoms with Crippen LogP contribution in [0, 0.1) is 6.92 Å². The van der Waals surface area contributed by atoms with E-state index in [0.717, 1.165) is 23.5 Å². The minimum absolute atomic E-state index is 0.0894. The van der Waals surface area contributed by atoms with Gasteiger partial charge in [-0.05, 0) is 26.8 Å². The highest BCUT2D eigenvalue weighted by Gasteiger charge is 2.34. The Balaban J connectivity index is 1.70. The predicted octanol–water partition coefficient (Wildman–Crippen LogP) is 3.13. The molecule has 1 amide bonds. The molecule has 0 fully saturated rings. The van der Waals surface area contributed by atoms with Gasteiger partial charge in [0, 0.05) is 42.3 Å². The van der Waals surface area contributed by atoms with Crippen molar-refractivity contribution in [1.82, 2.24) is 19.5 Å². The lowest BCUT2D eigenvalue weighted by atomic mass is 9.90. The summed E-state index contributed by atoms with van der Waals surface area (Å²) in [4.78, 5) is 25.0.